The molecule has 3 fully saturated rings. The molecule has 0 unspecified atom stereocenters. The summed E-state index contributed by atoms with van der Waals surface area (Å²) in [6.45, 7) is 32.1. The van der Waals surface area contributed by atoms with Gasteiger partial charge in [0.15, 0.2) is 34.0 Å². The van der Waals surface area contributed by atoms with E-state index in [4.69, 9.17) is 37.3 Å². The van der Waals surface area contributed by atoms with Crippen molar-refractivity contribution in [1.82, 2.24) is 4.90 Å². The summed E-state index contributed by atoms with van der Waals surface area (Å²) in [6.07, 6.45) is -9.02. The first-order valence-corrected chi connectivity index (χ1v) is 25.4. The van der Waals surface area contributed by atoms with Gasteiger partial charge in [0.05, 0.1) is 30.4 Å². The highest BCUT2D eigenvalue weighted by Crippen LogP contribution is 2.45. The number of ether oxygens (including phenoxy) is 6. The summed E-state index contributed by atoms with van der Waals surface area (Å²) in [5, 5.41) is 24.8. The first-order valence-electron chi connectivity index (χ1n) is 19.6. The number of nitrogens with zero attached hydrogens (tertiary/aromatic N) is 1. The Morgan fingerprint density at radius 3 is 1.73 bits per heavy atom. The fraction of sp³-hybridized carbons (Fsp3) is 0.800. The van der Waals surface area contributed by atoms with Crippen LogP contribution in [0, 0.1) is 0 Å². The summed E-state index contributed by atoms with van der Waals surface area (Å²) in [6, 6.07) is 5.07. The van der Waals surface area contributed by atoms with Crippen LogP contribution in [0.2, 0.25) is 36.3 Å². The van der Waals surface area contributed by atoms with E-state index in [1.165, 1.54) is 0 Å². The third-order valence-corrected chi connectivity index (χ3v) is 21.2. The Morgan fingerprint density at radius 2 is 1.24 bits per heavy atom. The van der Waals surface area contributed by atoms with E-state index in [-0.39, 0.29) is 34.4 Å². The Hall–Kier alpha value is -1.61. The monoisotopic (exact) mass is 809 g/mol. The number of hydrogen-bond donors (Lipinski definition) is 2. The minimum absolute atomic E-state index is 0.0724. The molecule has 0 radical (unpaired) electrons. The number of hydrogen-bond acceptors (Lipinski definition) is 12. The number of fused-ring (bicyclic) bond motifs is 1. The maximum Gasteiger partial charge on any atom is 0.261 e. The van der Waals surface area contributed by atoms with Gasteiger partial charge in [-0.15, -0.1) is 0 Å². The molecule has 9 atom stereocenters. The molecule has 4 heterocycles. The van der Waals surface area contributed by atoms with Gasteiger partial charge in [-0.25, -0.2) is 0 Å². The second kappa shape index (κ2) is 14.9. The van der Waals surface area contributed by atoms with Gasteiger partial charge in [-0.3, -0.25) is 14.5 Å². The van der Waals surface area contributed by atoms with Gasteiger partial charge in [0.2, 0.25) is 0 Å². The summed E-state index contributed by atoms with van der Waals surface area (Å²) < 4.78 is 52.0. The largest absolute Gasteiger partial charge is 0.414 e. The summed E-state index contributed by atoms with van der Waals surface area (Å²) in [5.41, 5.74) is 0.379. The smallest absolute Gasteiger partial charge is 0.261 e. The number of rotatable bonds is 12. The number of carbonyl (C=O) groups excluding carboxylic acids is 2. The van der Waals surface area contributed by atoms with E-state index in [1.54, 1.807) is 52.0 Å². The Labute approximate surface area is 329 Å². The Morgan fingerprint density at radius 1 is 0.745 bits per heavy atom. The lowest BCUT2D eigenvalue weighted by Crippen LogP contribution is -2.63. The van der Waals surface area contributed by atoms with Crippen molar-refractivity contribution in [2.24, 2.45) is 0 Å². The zero-order valence-corrected chi connectivity index (χ0v) is 37.8. The quantitative estimate of drug-likeness (QED) is 0.189. The molecule has 1 aromatic rings. The molecule has 0 aromatic heterocycles. The average Bonchev–Trinajstić information content (AvgIpc) is 3.74. The maximum atomic E-state index is 14.2. The molecule has 15 heteroatoms. The molecule has 0 spiro atoms. The minimum atomic E-state index is -2.53. The molecule has 13 nitrogen and oxygen atoms in total. The lowest BCUT2D eigenvalue weighted by atomic mass is 9.89. The van der Waals surface area contributed by atoms with Gasteiger partial charge in [-0.1, -0.05) is 53.7 Å². The molecule has 55 heavy (non-hydrogen) atoms. The van der Waals surface area contributed by atoms with Crippen molar-refractivity contribution < 1.29 is 57.1 Å². The summed E-state index contributed by atoms with van der Waals surface area (Å²) >= 11 is 0. The van der Waals surface area contributed by atoms with E-state index < -0.39 is 101 Å². The first kappa shape index (κ1) is 44.5. The van der Waals surface area contributed by atoms with Crippen LogP contribution in [-0.4, -0.2) is 129 Å². The molecule has 2 N–H and O–H groups in total. The summed E-state index contributed by atoms with van der Waals surface area (Å²) in [7, 11) is -4.85. The van der Waals surface area contributed by atoms with Crippen molar-refractivity contribution in [1.29, 1.82) is 0 Å². The minimum Gasteiger partial charge on any atom is -0.414 e. The molecule has 0 saturated carbocycles. The Bertz CT molecular complexity index is 1550. The number of aliphatic hydroxyl groups excluding tert-OH is 2. The highest BCUT2D eigenvalue weighted by atomic mass is 28.4. The van der Waals surface area contributed by atoms with Crippen molar-refractivity contribution in [3.8, 4) is 0 Å². The average molecular weight is 810 g/mol. The molecule has 0 bridgehead atoms. The molecule has 312 valence electrons. The van der Waals surface area contributed by atoms with E-state index >= 15 is 0 Å². The van der Waals surface area contributed by atoms with Gasteiger partial charge in [0, 0.05) is 0 Å². The van der Waals surface area contributed by atoms with Crippen LogP contribution in [0.3, 0.4) is 0 Å². The fourth-order valence-electron chi connectivity index (χ4n) is 7.24. The molecular weight excluding hydrogens is 743 g/mol. The predicted octanol–water partition coefficient (Wildman–Crippen LogP) is 5.98. The van der Waals surface area contributed by atoms with Crippen LogP contribution in [0.1, 0.15) is 104 Å². The molecular formula is C40H67NO12Si2. The van der Waals surface area contributed by atoms with Crippen LogP contribution in [-0.2, 0) is 37.3 Å². The van der Waals surface area contributed by atoms with Gasteiger partial charge < -0.3 is 47.5 Å². The normalized spacial score (nSPS) is 30.4. The van der Waals surface area contributed by atoms with Crippen molar-refractivity contribution in [3.05, 3.63) is 35.4 Å². The lowest BCUT2D eigenvalue weighted by Gasteiger charge is -2.44. The van der Waals surface area contributed by atoms with E-state index in [9.17, 15) is 19.8 Å². The van der Waals surface area contributed by atoms with Crippen LogP contribution < -0.4 is 0 Å². The predicted molar refractivity (Wildman–Crippen MR) is 211 cm³/mol. The molecule has 4 aliphatic heterocycles. The standard InChI is InChI=1S/C40H67NO12Si2/c1-36(2,3)54(13,14)47-22-26-30(50-39(9,10)49-26)27(41-34(44)23-19-17-18-20-24(23)35(41)45)28(42)29(43)32-33(52-40(11,12)51-32)31(25-21-46-38(7,8)48-25)53-55(15,16)37(4,5)6/h17-20,25-33,42-43H,21-22H2,1-16H3/t25-,26+,27-,28+,29+,30-,31-,32-,33+/m1/s1. The van der Waals surface area contributed by atoms with Gasteiger partial charge >= 0.3 is 0 Å². The van der Waals surface area contributed by atoms with Gasteiger partial charge in [0.25, 0.3) is 11.8 Å². The Kier molecular flexibility index (Phi) is 12.0. The van der Waals surface area contributed by atoms with E-state index in [0.29, 0.717) is 0 Å². The molecule has 0 aliphatic carbocycles. The first-order chi connectivity index (χ1) is 24.9. The lowest BCUT2D eigenvalue weighted by molar-refractivity contribution is -0.178. The van der Waals surface area contributed by atoms with Crippen LogP contribution in [0.5, 0.6) is 0 Å². The highest BCUT2D eigenvalue weighted by Gasteiger charge is 2.60. The van der Waals surface area contributed by atoms with Gasteiger partial charge in [-0.05, 0) is 89.9 Å². The fourth-order valence-corrected chi connectivity index (χ4v) is 9.58. The van der Waals surface area contributed by atoms with Crippen molar-refractivity contribution in [2.75, 3.05) is 13.2 Å². The second-order valence-electron chi connectivity index (χ2n) is 20.0. The van der Waals surface area contributed by atoms with Gasteiger partial charge in [-0.2, -0.15) is 0 Å². The highest BCUT2D eigenvalue weighted by molar-refractivity contribution is 6.74. The molecule has 1 aromatic carbocycles. The number of aliphatic hydroxyl groups is 2. The van der Waals surface area contributed by atoms with Crippen molar-refractivity contribution in [3.63, 3.8) is 0 Å². The van der Waals surface area contributed by atoms with E-state index in [0.717, 1.165) is 4.90 Å². The van der Waals surface area contributed by atoms with Crippen molar-refractivity contribution >= 4 is 28.4 Å². The third-order valence-electron chi connectivity index (χ3n) is 12.3. The zero-order chi connectivity index (χ0) is 41.5. The van der Waals surface area contributed by atoms with Crippen LogP contribution >= 0.6 is 0 Å². The molecule has 3 saturated heterocycles. The van der Waals surface area contributed by atoms with Crippen LogP contribution in [0.4, 0.5) is 0 Å². The zero-order valence-electron chi connectivity index (χ0n) is 35.8. The number of carbonyl (C=O) groups is 2. The molecule has 5 rings (SSSR count). The summed E-state index contributed by atoms with van der Waals surface area (Å²) in [4.78, 5) is 29.4. The second-order valence-corrected chi connectivity index (χ2v) is 29.5. The van der Waals surface area contributed by atoms with Gasteiger partial charge in [0.1, 0.15) is 48.8 Å². The summed E-state index contributed by atoms with van der Waals surface area (Å²) in [5.74, 6) is -4.54. The maximum absolute atomic E-state index is 14.2. The SMILES string of the molecule is CC1(C)O[C@@H]([C@H](O[Si](C)(C)C(C)(C)C)[C@H]2COC(C)(C)O2)[C@@H]([C@@H](O)[C@@H](O)[C@H]([C@@H]2OC(C)(C)O[C@H]2CO[Si](C)(C)C(C)(C)C)N2C(=O)c3ccccc3C2=O)O1. The van der Waals surface area contributed by atoms with E-state index in [2.05, 4.69) is 67.7 Å². The number of amides is 2. The molecule has 2 amide bonds. The number of benzene rings is 1. The van der Waals surface area contributed by atoms with Crippen molar-refractivity contribution in [2.45, 2.75) is 192 Å². The topological polar surface area (TPSA) is 152 Å². The molecule has 4 aliphatic rings. The Balaban J connectivity index is 1.57. The third kappa shape index (κ3) is 9.03. The van der Waals surface area contributed by atoms with E-state index in [1.807, 2.05) is 13.8 Å². The van der Waals surface area contributed by atoms with Crippen LogP contribution in [0.15, 0.2) is 24.3 Å². The number of imide groups is 1. The van der Waals surface area contributed by atoms with Crippen LogP contribution in [0.25, 0.3) is 0 Å².